The lowest BCUT2D eigenvalue weighted by atomic mass is 10.2. The molecule has 0 saturated carbocycles. The molecule has 0 saturated heterocycles. The fourth-order valence-electron chi connectivity index (χ4n) is 1.28. The van der Waals surface area contributed by atoms with Gasteiger partial charge in [-0.1, -0.05) is 0 Å². The topological polar surface area (TPSA) is 139 Å². The Bertz CT molecular complexity index is 509. The highest BCUT2D eigenvalue weighted by Gasteiger charge is 2.24. The van der Waals surface area contributed by atoms with E-state index in [-0.39, 0.29) is 12.2 Å². The van der Waals surface area contributed by atoms with Crippen molar-refractivity contribution in [3.8, 4) is 0 Å². The number of anilines is 1. The zero-order valence-corrected chi connectivity index (χ0v) is 9.45. The molecule has 1 aromatic carbocycles. The van der Waals surface area contributed by atoms with E-state index in [0.29, 0.717) is 12.1 Å². The molecule has 0 aliphatic carbocycles. The van der Waals surface area contributed by atoms with Gasteiger partial charge >= 0.3 is 5.69 Å². The number of hydrogen-bond acceptors (Lipinski definition) is 7. The summed E-state index contributed by atoms with van der Waals surface area (Å²) < 4.78 is 13.3. The number of nitro benzene ring substituents is 2. The Hall–Kier alpha value is -2.33. The number of aliphatic hydroxyl groups excluding tert-OH is 2. The molecule has 0 radical (unpaired) electrons. The zero-order chi connectivity index (χ0) is 14.6. The molecule has 0 bridgehead atoms. The predicted molar refractivity (Wildman–Crippen MR) is 61.3 cm³/mol. The largest absolute Gasteiger partial charge is 0.394 e. The van der Waals surface area contributed by atoms with E-state index in [9.17, 15) is 24.6 Å². The van der Waals surface area contributed by atoms with Gasteiger partial charge in [0.05, 0.1) is 28.6 Å². The molecule has 0 aliphatic heterocycles. The maximum absolute atomic E-state index is 13.3. The first-order valence-corrected chi connectivity index (χ1v) is 5.02. The second-order valence-electron chi connectivity index (χ2n) is 3.55. The Balaban J connectivity index is 3.12. The highest BCUT2D eigenvalue weighted by molar-refractivity contribution is 5.65. The van der Waals surface area contributed by atoms with E-state index in [2.05, 4.69) is 5.32 Å². The first-order chi connectivity index (χ1) is 8.86. The number of nitro groups is 2. The first-order valence-electron chi connectivity index (χ1n) is 5.02. The van der Waals surface area contributed by atoms with E-state index < -0.39 is 39.7 Å². The van der Waals surface area contributed by atoms with Crippen LogP contribution >= 0.6 is 0 Å². The summed E-state index contributed by atoms with van der Waals surface area (Å²) in [5.74, 6) is -1.24. The van der Waals surface area contributed by atoms with Crippen LogP contribution in [-0.4, -0.2) is 39.3 Å². The zero-order valence-electron chi connectivity index (χ0n) is 9.45. The summed E-state index contributed by atoms with van der Waals surface area (Å²) in [6.45, 7) is -0.856. The van der Waals surface area contributed by atoms with Crippen LogP contribution in [0.1, 0.15) is 0 Å². The maximum Gasteiger partial charge on any atom is 0.311 e. The summed E-state index contributed by atoms with van der Waals surface area (Å²) in [7, 11) is 0. The van der Waals surface area contributed by atoms with Crippen LogP contribution in [0, 0.1) is 26.0 Å². The van der Waals surface area contributed by atoms with Gasteiger partial charge < -0.3 is 15.5 Å². The molecule has 10 heteroatoms. The van der Waals surface area contributed by atoms with E-state index in [1.165, 1.54) is 0 Å². The van der Waals surface area contributed by atoms with Crippen molar-refractivity contribution in [3.63, 3.8) is 0 Å². The minimum atomic E-state index is -1.24. The van der Waals surface area contributed by atoms with Crippen molar-refractivity contribution < 1.29 is 24.5 Å². The summed E-state index contributed by atoms with van der Waals surface area (Å²) in [4.78, 5) is 19.2. The fourth-order valence-corrected chi connectivity index (χ4v) is 1.28. The molecular weight excluding hydrogens is 265 g/mol. The van der Waals surface area contributed by atoms with E-state index >= 15 is 0 Å². The lowest BCUT2D eigenvalue weighted by molar-refractivity contribution is -0.395. The minimum Gasteiger partial charge on any atom is -0.394 e. The number of nitrogens with zero attached hydrogens (tertiary/aromatic N) is 2. The molecular formula is C9H10FN3O6. The predicted octanol–water partition coefficient (Wildman–Crippen LogP) is 0.407. The van der Waals surface area contributed by atoms with E-state index in [4.69, 9.17) is 10.2 Å². The van der Waals surface area contributed by atoms with Crippen molar-refractivity contribution in [1.82, 2.24) is 0 Å². The molecule has 0 aliphatic rings. The third-order valence-corrected chi connectivity index (χ3v) is 2.20. The SMILES string of the molecule is O=[N+]([O-])c1cc([N+](=O)[O-])c(NCC(O)CO)cc1F. The van der Waals surface area contributed by atoms with Gasteiger partial charge in [0.2, 0.25) is 5.82 Å². The average molecular weight is 275 g/mol. The third kappa shape index (κ3) is 3.56. The van der Waals surface area contributed by atoms with Gasteiger partial charge in [-0.2, -0.15) is 4.39 Å². The van der Waals surface area contributed by atoms with Crippen molar-refractivity contribution in [1.29, 1.82) is 0 Å². The molecule has 1 unspecified atom stereocenters. The quantitative estimate of drug-likeness (QED) is 0.504. The van der Waals surface area contributed by atoms with Gasteiger partial charge in [-0.05, 0) is 0 Å². The van der Waals surface area contributed by atoms with Crippen LogP contribution in [0.3, 0.4) is 0 Å². The van der Waals surface area contributed by atoms with E-state index in [1.54, 1.807) is 0 Å². The number of nitrogens with one attached hydrogen (secondary N) is 1. The van der Waals surface area contributed by atoms with Crippen molar-refractivity contribution in [2.75, 3.05) is 18.5 Å². The Kier molecular flexibility index (Phi) is 4.67. The summed E-state index contributed by atoms with van der Waals surface area (Å²) in [6.07, 6.45) is -1.20. The van der Waals surface area contributed by atoms with Crippen LogP contribution in [0.25, 0.3) is 0 Å². The highest BCUT2D eigenvalue weighted by Crippen LogP contribution is 2.31. The molecule has 0 spiro atoms. The summed E-state index contributed by atoms with van der Waals surface area (Å²) >= 11 is 0. The molecule has 0 fully saturated rings. The molecule has 0 amide bonds. The Labute approximate surface area is 105 Å². The number of aliphatic hydroxyl groups is 2. The molecule has 1 rings (SSSR count). The van der Waals surface area contributed by atoms with Gasteiger partial charge in [0.25, 0.3) is 5.69 Å². The molecule has 3 N–H and O–H groups in total. The van der Waals surface area contributed by atoms with E-state index in [0.717, 1.165) is 0 Å². The van der Waals surface area contributed by atoms with Crippen LogP contribution in [-0.2, 0) is 0 Å². The van der Waals surface area contributed by atoms with Crippen molar-refractivity contribution >= 4 is 17.1 Å². The van der Waals surface area contributed by atoms with Crippen molar-refractivity contribution in [3.05, 3.63) is 38.2 Å². The molecule has 19 heavy (non-hydrogen) atoms. The van der Waals surface area contributed by atoms with Gasteiger partial charge in [-0.15, -0.1) is 0 Å². The standard InChI is InChI=1S/C9H10FN3O6/c10-6-1-7(11-3-5(15)4-14)9(13(18)19)2-8(6)12(16)17/h1-2,5,11,14-15H,3-4H2. The lowest BCUT2D eigenvalue weighted by Crippen LogP contribution is -2.23. The van der Waals surface area contributed by atoms with Gasteiger partial charge in [0, 0.05) is 12.6 Å². The molecule has 0 heterocycles. The molecule has 9 nitrogen and oxygen atoms in total. The average Bonchev–Trinajstić information content (AvgIpc) is 2.34. The van der Waals surface area contributed by atoms with Crippen molar-refractivity contribution in [2.24, 2.45) is 0 Å². The molecule has 1 atom stereocenters. The van der Waals surface area contributed by atoms with Gasteiger partial charge in [-0.3, -0.25) is 20.2 Å². The molecule has 104 valence electrons. The highest BCUT2D eigenvalue weighted by atomic mass is 19.1. The normalized spacial score (nSPS) is 11.9. The number of halogens is 1. The van der Waals surface area contributed by atoms with Gasteiger partial charge in [0.1, 0.15) is 5.69 Å². The maximum atomic E-state index is 13.3. The van der Waals surface area contributed by atoms with Crippen LogP contribution in [0.5, 0.6) is 0 Å². The number of hydrogen-bond donors (Lipinski definition) is 3. The van der Waals surface area contributed by atoms with Crippen LogP contribution in [0.15, 0.2) is 12.1 Å². The fraction of sp³-hybridized carbons (Fsp3) is 0.333. The first kappa shape index (κ1) is 14.7. The van der Waals surface area contributed by atoms with E-state index in [1.807, 2.05) is 0 Å². The molecule has 1 aromatic rings. The summed E-state index contributed by atoms with van der Waals surface area (Å²) in [6, 6.07) is 1.09. The monoisotopic (exact) mass is 275 g/mol. The minimum absolute atomic E-state index is 0.269. The van der Waals surface area contributed by atoms with Crippen LogP contribution in [0.4, 0.5) is 21.5 Å². The van der Waals surface area contributed by atoms with Crippen LogP contribution in [0.2, 0.25) is 0 Å². The van der Waals surface area contributed by atoms with Crippen LogP contribution < -0.4 is 5.32 Å². The van der Waals surface area contributed by atoms with Gasteiger partial charge in [0.15, 0.2) is 0 Å². The summed E-state index contributed by atoms with van der Waals surface area (Å²) in [5.41, 5.74) is -2.03. The Morgan fingerprint density at radius 3 is 2.32 bits per heavy atom. The number of benzene rings is 1. The molecule has 0 aromatic heterocycles. The second-order valence-corrected chi connectivity index (χ2v) is 3.55. The second kappa shape index (κ2) is 6.02. The van der Waals surface area contributed by atoms with Crippen molar-refractivity contribution in [2.45, 2.75) is 6.10 Å². The summed E-state index contributed by atoms with van der Waals surface area (Å²) in [5, 5.41) is 41.2. The third-order valence-electron chi connectivity index (χ3n) is 2.20. The Morgan fingerprint density at radius 2 is 1.84 bits per heavy atom. The Morgan fingerprint density at radius 1 is 1.26 bits per heavy atom. The number of rotatable bonds is 6. The van der Waals surface area contributed by atoms with Gasteiger partial charge in [-0.25, -0.2) is 0 Å². The smallest absolute Gasteiger partial charge is 0.311 e. The lowest BCUT2D eigenvalue weighted by Gasteiger charge is -2.10.